The molecule has 1 heterocycles. The van der Waals surface area contributed by atoms with Crippen LogP contribution in [0.4, 0.5) is 14.5 Å². The molecule has 0 spiro atoms. The fraction of sp³-hybridized carbons (Fsp3) is 0. The van der Waals surface area contributed by atoms with Gasteiger partial charge in [0, 0.05) is 11.8 Å². The number of halogens is 2. The maximum atomic E-state index is 13.8. The molecule has 0 aliphatic carbocycles. The van der Waals surface area contributed by atoms with Crippen LogP contribution < -0.4 is 5.73 Å². The van der Waals surface area contributed by atoms with Gasteiger partial charge in [-0.25, -0.2) is 13.5 Å². The largest absolute Gasteiger partial charge is 0.397 e. The molecule has 3 nitrogen and oxygen atoms in total. The maximum Gasteiger partial charge on any atom is 0.186 e. The number of nitrogens with zero attached hydrogens (tertiary/aromatic N) is 2. The van der Waals surface area contributed by atoms with Crippen LogP contribution in [0.25, 0.3) is 16.8 Å². The van der Waals surface area contributed by atoms with E-state index in [1.54, 1.807) is 12.4 Å². The summed E-state index contributed by atoms with van der Waals surface area (Å²) in [7, 11) is 0. The van der Waals surface area contributed by atoms with Crippen LogP contribution in [-0.2, 0) is 0 Å². The predicted octanol–water partition coefficient (Wildman–Crippen LogP) is 3.40. The van der Waals surface area contributed by atoms with E-state index in [9.17, 15) is 8.78 Å². The number of nitrogens with two attached hydrogens (primary N) is 1. The monoisotopic (exact) mass is 271 g/mol. The van der Waals surface area contributed by atoms with Crippen LogP contribution >= 0.6 is 0 Å². The Hall–Kier alpha value is -2.69. The highest BCUT2D eigenvalue weighted by atomic mass is 19.2. The molecule has 0 fully saturated rings. The normalized spacial score (nSPS) is 10.7. The Balaban J connectivity index is 2.10. The first-order chi connectivity index (χ1) is 9.66. The van der Waals surface area contributed by atoms with Gasteiger partial charge < -0.3 is 5.73 Å². The Labute approximate surface area is 114 Å². The van der Waals surface area contributed by atoms with Gasteiger partial charge in [-0.05, 0) is 17.7 Å². The van der Waals surface area contributed by atoms with E-state index >= 15 is 0 Å². The lowest BCUT2D eigenvalue weighted by molar-refractivity contribution is 0.502. The van der Waals surface area contributed by atoms with Crippen molar-refractivity contribution >= 4 is 5.69 Å². The molecule has 0 saturated carbocycles. The van der Waals surface area contributed by atoms with Gasteiger partial charge in [0.2, 0.25) is 0 Å². The first-order valence-electron chi connectivity index (χ1n) is 6.01. The van der Waals surface area contributed by atoms with Gasteiger partial charge in [0.15, 0.2) is 11.6 Å². The van der Waals surface area contributed by atoms with E-state index < -0.39 is 11.6 Å². The lowest BCUT2D eigenvalue weighted by Crippen LogP contribution is -2.05. The van der Waals surface area contributed by atoms with Gasteiger partial charge >= 0.3 is 0 Å². The minimum atomic E-state index is -1.01. The van der Waals surface area contributed by atoms with E-state index in [0.717, 1.165) is 17.2 Å². The second-order valence-electron chi connectivity index (χ2n) is 4.34. The molecule has 3 aromatic rings. The molecule has 0 radical (unpaired) electrons. The summed E-state index contributed by atoms with van der Waals surface area (Å²) >= 11 is 0. The van der Waals surface area contributed by atoms with Gasteiger partial charge in [0.05, 0.1) is 11.9 Å². The van der Waals surface area contributed by atoms with Gasteiger partial charge in [-0.3, -0.25) is 0 Å². The fourth-order valence-corrected chi connectivity index (χ4v) is 2.01. The van der Waals surface area contributed by atoms with Crippen molar-refractivity contribution < 1.29 is 8.78 Å². The second-order valence-corrected chi connectivity index (χ2v) is 4.34. The Morgan fingerprint density at radius 3 is 2.45 bits per heavy atom. The third kappa shape index (κ3) is 2.03. The molecule has 0 aliphatic rings. The van der Waals surface area contributed by atoms with Crippen LogP contribution in [0.2, 0.25) is 0 Å². The zero-order valence-electron chi connectivity index (χ0n) is 10.4. The van der Waals surface area contributed by atoms with Crippen molar-refractivity contribution in [1.29, 1.82) is 0 Å². The molecule has 0 aliphatic heterocycles. The average Bonchev–Trinajstić information content (AvgIpc) is 2.94. The number of benzene rings is 2. The topological polar surface area (TPSA) is 43.8 Å². The molecule has 1 aromatic heterocycles. The molecule has 2 aromatic carbocycles. The Morgan fingerprint density at radius 2 is 1.70 bits per heavy atom. The molecular weight excluding hydrogens is 260 g/mol. The van der Waals surface area contributed by atoms with Gasteiger partial charge in [-0.15, -0.1) is 0 Å². The molecule has 3 rings (SSSR count). The molecule has 100 valence electrons. The third-order valence-corrected chi connectivity index (χ3v) is 3.02. The summed E-state index contributed by atoms with van der Waals surface area (Å²) < 4.78 is 28.4. The van der Waals surface area contributed by atoms with Gasteiger partial charge in [-0.1, -0.05) is 30.3 Å². The van der Waals surface area contributed by atoms with Crippen LogP contribution in [0.3, 0.4) is 0 Å². The van der Waals surface area contributed by atoms with Crippen molar-refractivity contribution in [2.24, 2.45) is 0 Å². The third-order valence-electron chi connectivity index (χ3n) is 3.02. The van der Waals surface area contributed by atoms with E-state index in [1.165, 1.54) is 10.7 Å². The van der Waals surface area contributed by atoms with Gasteiger partial charge in [0.25, 0.3) is 0 Å². The lowest BCUT2D eigenvalue weighted by atomic mass is 10.1. The minimum Gasteiger partial charge on any atom is -0.397 e. The Bertz CT molecular complexity index is 751. The number of nitrogen functional groups attached to an aromatic ring is 1. The van der Waals surface area contributed by atoms with Crippen molar-refractivity contribution in [2.45, 2.75) is 0 Å². The predicted molar refractivity (Wildman–Crippen MR) is 73.3 cm³/mol. The molecule has 0 amide bonds. The summed E-state index contributed by atoms with van der Waals surface area (Å²) in [5.74, 6) is -1.96. The number of hydrogen-bond donors (Lipinski definition) is 1. The van der Waals surface area contributed by atoms with Gasteiger partial charge in [-0.2, -0.15) is 5.10 Å². The van der Waals surface area contributed by atoms with Crippen LogP contribution in [0.15, 0.2) is 54.9 Å². The Kier molecular flexibility index (Phi) is 2.95. The fourth-order valence-electron chi connectivity index (χ4n) is 2.01. The minimum absolute atomic E-state index is 0.0767. The average molecular weight is 271 g/mol. The SMILES string of the molecule is Nc1ccc(F)c(F)c1-n1cc(-c2ccccc2)cn1. The summed E-state index contributed by atoms with van der Waals surface area (Å²) in [4.78, 5) is 0. The van der Waals surface area contributed by atoms with E-state index in [1.807, 2.05) is 30.3 Å². The molecule has 20 heavy (non-hydrogen) atoms. The molecule has 0 unspecified atom stereocenters. The highest BCUT2D eigenvalue weighted by Gasteiger charge is 2.15. The van der Waals surface area contributed by atoms with Crippen LogP contribution in [0.5, 0.6) is 0 Å². The standard InChI is InChI=1S/C15H11F2N3/c16-12-6-7-13(18)15(14(12)17)20-9-11(8-19-20)10-4-2-1-3-5-10/h1-9H,18H2. The number of aromatic nitrogens is 2. The second kappa shape index (κ2) is 4.77. The molecule has 0 bridgehead atoms. The van der Waals surface area contributed by atoms with Crippen molar-refractivity contribution in [3.8, 4) is 16.8 Å². The first-order valence-corrected chi connectivity index (χ1v) is 6.01. The van der Waals surface area contributed by atoms with Crippen LogP contribution in [0, 0.1) is 11.6 Å². The zero-order valence-corrected chi connectivity index (χ0v) is 10.4. The summed E-state index contributed by atoms with van der Waals surface area (Å²) in [5.41, 5.74) is 7.50. The van der Waals surface area contributed by atoms with Crippen molar-refractivity contribution in [3.05, 3.63) is 66.5 Å². The molecule has 0 saturated heterocycles. The Morgan fingerprint density at radius 1 is 0.950 bits per heavy atom. The summed E-state index contributed by atoms with van der Waals surface area (Å²) in [6.07, 6.45) is 3.20. The number of anilines is 1. The smallest absolute Gasteiger partial charge is 0.186 e. The van der Waals surface area contributed by atoms with E-state index in [0.29, 0.717) is 0 Å². The molecule has 0 atom stereocenters. The van der Waals surface area contributed by atoms with E-state index in [-0.39, 0.29) is 11.4 Å². The van der Waals surface area contributed by atoms with Crippen LogP contribution in [0.1, 0.15) is 0 Å². The van der Waals surface area contributed by atoms with Gasteiger partial charge in [0.1, 0.15) is 5.69 Å². The summed E-state index contributed by atoms with van der Waals surface area (Å²) in [6.45, 7) is 0. The van der Waals surface area contributed by atoms with Crippen LogP contribution in [-0.4, -0.2) is 9.78 Å². The van der Waals surface area contributed by atoms with E-state index in [2.05, 4.69) is 5.10 Å². The quantitative estimate of drug-likeness (QED) is 0.726. The number of hydrogen-bond acceptors (Lipinski definition) is 2. The highest BCUT2D eigenvalue weighted by molar-refractivity contribution is 5.64. The lowest BCUT2D eigenvalue weighted by Gasteiger charge is -2.07. The van der Waals surface area contributed by atoms with Crippen molar-refractivity contribution in [2.75, 3.05) is 5.73 Å². The molecular formula is C15H11F2N3. The summed E-state index contributed by atoms with van der Waals surface area (Å²) in [6, 6.07) is 11.8. The molecule has 2 N–H and O–H groups in total. The van der Waals surface area contributed by atoms with Crippen molar-refractivity contribution in [1.82, 2.24) is 9.78 Å². The van der Waals surface area contributed by atoms with Crippen molar-refractivity contribution in [3.63, 3.8) is 0 Å². The highest BCUT2D eigenvalue weighted by Crippen LogP contribution is 2.25. The zero-order chi connectivity index (χ0) is 14.1. The van der Waals surface area contributed by atoms with E-state index in [4.69, 9.17) is 5.73 Å². The summed E-state index contributed by atoms with van der Waals surface area (Å²) in [5, 5.41) is 4.06. The number of rotatable bonds is 2. The molecule has 5 heteroatoms. The maximum absolute atomic E-state index is 13.8. The first kappa shape index (κ1) is 12.3.